The number of hydrogen-bond acceptors (Lipinski definition) is 5. The molecule has 6 nitrogen and oxygen atoms in total. The van der Waals surface area contributed by atoms with Gasteiger partial charge in [-0.15, -0.1) is 0 Å². The minimum Gasteiger partial charge on any atom is -0.457 e. The molecule has 0 radical (unpaired) electrons. The highest BCUT2D eigenvalue weighted by Gasteiger charge is 2.22. The van der Waals surface area contributed by atoms with Crippen LogP contribution in [0.25, 0.3) is 0 Å². The molecule has 0 fully saturated rings. The van der Waals surface area contributed by atoms with Gasteiger partial charge in [0.1, 0.15) is 22.9 Å². The number of nitrogens with zero attached hydrogens (tertiary/aromatic N) is 1. The van der Waals surface area contributed by atoms with Crippen LogP contribution in [0.1, 0.15) is 42.3 Å². The molecule has 0 spiro atoms. The number of rotatable bonds is 8. The van der Waals surface area contributed by atoms with Crippen LogP contribution in [-0.4, -0.2) is 36.5 Å². The van der Waals surface area contributed by atoms with E-state index in [4.69, 9.17) is 9.47 Å². The van der Waals surface area contributed by atoms with Gasteiger partial charge in [-0.2, -0.15) is 0 Å². The number of carbonyl (C=O) groups excluding carboxylic acids is 2. The van der Waals surface area contributed by atoms with Crippen molar-refractivity contribution in [1.29, 1.82) is 0 Å². The summed E-state index contributed by atoms with van der Waals surface area (Å²) in [6.07, 6.45) is 0.881. The van der Waals surface area contributed by atoms with E-state index < -0.39 is 11.4 Å². The summed E-state index contributed by atoms with van der Waals surface area (Å²) in [5, 5.41) is 0. The van der Waals surface area contributed by atoms with Crippen molar-refractivity contribution in [2.45, 2.75) is 39.3 Å². The van der Waals surface area contributed by atoms with Gasteiger partial charge in [-0.1, -0.05) is 42.5 Å². The number of halogens is 1. The summed E-state index contributed by atoms with van der Waals surface area (Å²) in [7, 11) is 1.50. The van der Waals surface area contributed by atoms with Crippen molar-refractivity contribution >= 4 is 12.4 Å². The predicted molar refractivity (Wildman–Crippen MR) is 135 cm³/mol. The average molecular weight is 481 g/mol. The van der Waals surface area contributed by atoms with Crippen molar-refractivity contribution in [1.82, 2.24) is 4.90 Å². The smallest absolute Gasteiger partial charge is 0.410 e. The molecule has 0 saturated heterocycles. The van der Waals surface area contributed by atoms with Crippen molar-refractivity contribution in [3.05, 3.63) is 95.3 Å². The topological polar surface area (TPSA) is 81.9 Å². The lowest BCUT2D eigenvalue weighted by Crippen LogP contribution is -2.37. The summed E-state index contributed by atoms with van der Waals surface area (Å²) in [5.41, 5.74) is 6.21. The standard InChI is InChI=1S/C27H28FNO4.CH5N/c1-27(2,3)33-26(31)29(18-21-7-5-4-6-8-21)16-15-20-9-13-24(14-10-20)32-25-17-23(28)12-11-22(25)19-30;1-2/h4-14,17,19H,15-16,18H2,1-3H3;2H2,1H3. The number of carbonyl (C=O) groups is 2. The van der Waals surface area contributed by atoms with Gasteiger partial charge in [0.15, 0.2) is 6.29 Å². The average Bonchev–Trinajstić information content (AvgIpc) is 2.83. The van der Waals surface area contributed by atoms with Gasteiger partial charge in [0.2, 0.25) is 0 Å². The zero-order valence-electron chi connectivity index (χ0n) is 20.7. The number of amides is 1. The maximum Gasteiger partial charge on any atom is 0.410 e. The van der Waals surface area contributed by atoms with E-state index in [1.807, 2.05) is 63.2 Å². The van der Waals surface area contributed by atoms with Gasteiger partial charge in [-0.05, 0) is 69.6 Å². The van der Waals surface area contributed by atoms with E-state index in [1.165, 1.54) is 25.2 Å². The van der Waals surface area contributed by atoms with Crippen LogP contribution in [-0.2, 0) is 17.7 Å². The third kappa shape index (κ3) is 9.22. The van der Waals surface area contributed by atoms with Gasteiger partial charge in [0.05, 0.1) is 5.56 Å². The highest BCUT2D eigenvalue weighted by Crippen LogP contribution is 2.26. The minimum absolute atomic E-state index is 0.164. The van der Waals surface area contributed by atoms with E-state index >= 15 is 0 Å². The SMILES string of the molecule is CC(C)(C)OC(=O)N(CCc1ccc(Oc2cc(F)ccc2C=O)cc1)Cc1ccccc1.CN. The zero-order valence-corrected chi connectivity index (χ0v) is 20.7. The molecule has 3 aromatic carbocycles. The molecular formula is C28H33FN2O4. The summed E-state index contributed by atoms with van der Waals surface area (Å²) >= 11 is 0. The number of aldehydes is 1. The molecule has 0 aliphatic carbocycles. The normalized spacial score (nSPS) is 10.6. The zero-order chi connectivity index (χ0) is 25.8. The van der Waals surface area contributed by atoms with Crippen molar-refractivity contribution in [2.75, 3.05) is 13.6 Å². The molecule has 0 aliphatic rings. The molecule has 1 amide bonds. The van der Waals surface area contributed by atoms with Crippen molar-refractivity contribution < 1.29 is 23.5 Å². The molecule has 2 N–H and O–H groups in total. The Balaban J connectivity index is 0.00000210. The maximum atomic E-state index is 13.5. The summed E-state index contributed by atoms with van der Waals surface area (Å²) < 4.78 is 24.8. The van der Waals surface area contributed by atoms with Crippen LogP contribution in [0.15, 0.2) is 72.8 Å². The van der Waals surface area contributed by atoms with Crippen molar-refractivity contribution in [2.24, 2.45) is 5.73 Å². The maximum absolute atomic E-state index is 13.5. The molecule has 0 heterocycles. The first-order valence-corrected chi connectivity index (χ1v) is 11.3. The Kier molecular flexibility index (Phi) is 10.4. The molecule has 186 valence electrons. The molecule has 0 aromatic heterocycles. The molecule has 0 unspecified atom stereocenters. The molecule has 3 rings (SSSR count). The van der Waals surface area contributed by atoms with Crippen molar-refractivity contribution in [3.8, 4) is 11.5 Å². The molecule has 7 heteroatoms. The van der Waals surface area contributed by atoms with E-state index in [2.05, 4.69) is 5.73 Å². The monoisotopic (exact) mass is 480 g/mol. The van der Waals surface area contributed by atoms with Gasteiger partial charge in [-0.25, -0.2) is 9.18 Å². The first-order chi connectivity index (χ1) is 16.7. The van der Waals surface area contributed by atoms with Crippen molar-refractivity contribution in [3.63, 3.8) is 0 Å². The van der Waals surface area contributed by atoms with Crippen LogP contribution in [0.3, 0.4) is 0 Å². The van der Waals surface area contributed by atoms with E-state index in [1.54, 1.807) is 17.0 Å². The summed E-state index contributed by atoms with van der Waals surface area (Å²) in [5.74, 6) is 0.172. The van der Waals surface area contributed by atoms with Gasteiger partial charge in [0, 0.05) is 19.2 Å². The third-order valence-electron chi connectivity index (χ3n) is 4.79. The lowest BCUT2D eigenvalue weighted by molar-refractivity contribution is 0.0235. The number of hydrogen-bond donors (Lipinski definition) is 1. The first-order valence-electron chi connectivity index (χ1n) is 11.3. The molecule has 35 heavy (non-hydrogen) atoms. The van der Waals surface area contributed by atoms with Gasteiger partial charge >= 0.3 is 6.09 Å². The van der Waals surface area contributed by atoms with Crippen LogP contribution < -0.4 is 10.5 Å². The number of ether oxygens (including phenoxy) is 2. The predicted octanol–water partition coefficient (Wildman–Crippen LogP) is 5.99. The van der Waals surface area contributed by atoms with E-state index in [-0.39, 0.29) is 17.4 Å². The van der Waals surface area contributed by atoms with Crippen LogP contribution in [0.2, 0.25) is 0 Å². The van der Waals surface area contributed by atoms with E-state index in [9.17, 15) is 14.0 Å². The summed E-state index contributed by atoms with van der Waals surface area (Å²) in [6, 6.07) is 20.8. The Hall–Kier alpha value is -3.71. The lowest BCUT2D eigenvalue weighted by atomic mass is 10.1. The lowest BCUT2D eigenvalue weighted by Gasteiger charge is -2.27. The second-order valence-electron chi connectivity index (χ2n) is 8.68. The largest absolute Gasteiger partial charge is 0.457 e. The minimum atomic E-state index is -0.581. The highest BCUT2D eigenvalue weighted by atomic mass is 19.1. The Morgan fingerprint density at radius 3 is 2.23 bits per heavy atom. The van der Waals surface area contributed by atoms with E-state index in [0.29, 0.717) is 31.5 Å². The van der Waals surface area contributed by atoms with Crippen LogP contribution in [0, 0.1) is 5.82 Å². The number of benzene rings is 3. The highest BCUT2D eigenvalue weighted by molar-refractivity contribution is 5.79. The first kappa shape index (κ1) is 27.5. The Bertz CT molecular complexity index is 1080. The van der Waals surface area contributed by atoms with Crippen LogP contribution >= 0.6 is 0 Å². The molecule has 0 atom stereocenters. The second-order valence-corrected chi connectivity index (χ2v) is 8.68. The fraction of sp³-hybridized carbons (Fsp3) is 0.286. The van der Waals surface area contributed by atoms with Crippen LogP contribution in [0.5, 0.6) is 11.5 Å². The molecule has 3 aromatic rings. The van der Waals surface area contributed by atoms with Crippen LogP contribution in [0.4, 0.5) is 9.18 Å². The Labute approximate surface area is 206 Å². The fourth-order valence-electron chi connectivity index (χ4n) is 3.17. The van der Waals surface area contributed by atoms with Gasteiger partial charge < -0.3 is 20.1 Å². The summed E-state index contributed by atoms with van der Waals surface area (Å²) in [4.78, 5) is 25.6. The molecule has 0 bridgehead atoms. The molecular weight excluding hydrogens is 447 g/mol. The fourth-order valence-corrected chi connectivity index (χ4v) is 3.17. The summed E-state index contributed by atoms with van der Waals surface area (Å²) in [6.45, 7) is 6.46. The Morgan fingerprint density at radius 2 is 1.63 bits per heavy atom. The molecule has 0 saturated carbocycles. The molecule has 0 aliphatic heterocycles. The quantitative estimate of drug-likeness (QED) is 0.401. The van der Waals surface area contributed by atoms with Gasteiger partial charge in [0.25, 0.3) is 0 Å². The Morgan fingerprint density at radius 1 is 0.971 bits per heavy atom. The van der Waals surface area contributed by atoms with E-state index in [0.717, 1.165) is 11.1 Å². The second kappa shape index (κ2) is 13.2. The third-order valence-corrected chi connectivity index (χ3v) is 4.79. The van der Waals surface area contributed by atoms with Gasteiger partial charge in [-0.3, -0.25) is 4.79 Å². The number of nitrogens with two attached hydrogens (primary N) is 1.